The van der Waals surface area contributed by atoms with Crippen LogP contribution >= 0.6 is 11.6 Å². The van der Waals surface area contributed by atoms with Gasteiger partial charge in [-0.15, -0.1) is 0 Å². The highest BCUT2D eigenvalue weighted by Crippen LogP contribution is 2.38. The van der Waals surface area contributed by atoms with Crippen molar-refractivity contribution >= 4 is 16.8 Å². The molecule has 1 rings (SSSR count). The number of hydrogen-bond donors (Lipinski definition) is 0. The van der Waals surface area contributed by atoms with Gasteiger partial charge in [0.25, 0.3) is 0 Å². The number of hydrogen-bond acceptors (Lipinski definition) is 1. The molecule has 0 spiro atoms. The van der Waals surface area contributed by atoms with Crippen molar-refractivity contribution in [1.82, 2.24) is 0 Å². The standard InChI is InChI=1S/C11H19ClO/c1-7(2)9-5-4-8(3)10(6-9)11(12)13/h7-10H,4-6H2,1-3H3/t8-,9-,10-/m1/s1. The zero-order chi connectivity index (χ0) is 10.0. The minimum absolute atomic E-state index is 0.114. The Balaban J connectivity index is 2.58. The summed E-state index contributed by atoms with van der Waals surface area (Å²) in [4.78, 5) is 11.1. The molecule has 76 valence electrons. The summed E-state index contributed by atoms with van der Waals surface area (Å²) in [7, 11) is 0. The summed E-state index contributed by atoms with van der Waals surface area (Å²) in [6.07, 6.45) is 3.42. The van der Waals surface area contributed by atoms with Crippen molar-refractivity contribution in [2.24, 2.45) is 23.7 Å². The first kappa shape index (κ1) is 11.0. The van der Waals surface area contributed by atoms with E-state index in [2.05, 4.69) is 20.8 Å². The smallest absolute Gasteiger partial charge is 0.224 e. The normalized spacial score (nSPS) is 35.0. The molecule has 1 aliphatic carbocycles. The third-order valence-corrected chi connectivity index (χ3v) is 3.75. The molecule has 0 radical (unpaired) electrons. The van der Waals surface area contributed by atoms with Crippen LogP contribution < -0.4 is 0 Å². The molecule has 0 aromatic heterocycles. The number of carbonyl (C=O) groups is 1. The first-order valence-electron chi connectivity index (χ1n) is 5.21. The van der Waals surface area contributed by atoms with Gasteiger partial charge in [-0.3, -0.25) is 4.79 Å². The maximum atomic E-state index is 11.1. The van der Waals surface area contributed by atoms with Crippen molar-refractivity contribution < 1.29 is 4.79 Å². The maximum absolute atomic E-state index is 11.1. The Morgan fingerprint density at radius 3 is 2.46 bits per heavy atom. The van der Waals surface area contributed by atoms with Crippen molar-refractivity contribution in [3.63, 3.8) is 0 Å². The highest BCUT2D eigenvalue weighted by Gasteiger charge is 2.32. The summed E-state index contributed by atoms with van der Waals surface area (Å²) in [6.45, 7) is 6.61. The zero-order valence-electron chi connectivity index (χ0n) is 8.72. The molecule has 0 amide bonds. The maximum Gasteiger partial charge on any atom is 0.224 e. The largest absolute Gasteiger partial charge is 0.281 e. The van der Waals surface area contributed by atoms with Gasteiger partial charge >= 0.3 is 0 Å². The fourth-order valence-electron chi connectivity index (χ4n) is 2.28. The van der Waals surface area contributed by atoms with Crippen LogP contribution in [0.25, 0.3) is 0 Å². The second-order valence-corrected chi connectivity index (χ2v) is 5.08. The van der Waals surface area contributed by atoms with Crippen molar-refractivity contribution in [3.8, 4) is 0 Å². The molecule has 0 heterocycles. The van der Waals surface area contributed by atoms with Gasteiger partial charge in [-0.05, 0) is 48.6 Å². The average molecular weight is 203 g/mol. The first-order chi connectivity index (χ1) is 6.02. The van der Waals surface area contributed by atoms with Gasteiger partial charge in [0.05, 0.1) is 0 Å². The van der Waals surface area contributed by atoms with Gasteiger partial charge < -0.3 is 0 Å². The Morgan fingerprint density at radius 2 is 2.00 bits per heavy atom. The molecule has 0 aromatic rings. The van der Waals surface area contributed by atoms with E-state index in [9.17, 15) is 4.79 Å². The van der Waals surface area contributed by atoms with E-state index in [0.717, 1.165) is 12.8 Å². The van der Waals surface area contributed by atoms with Crippen molar-refractivity contribution in [2.45, 2.75) is 40.0 Å². The molecule has 0 aliphatic heterocycles. The van der Waals surface area contributed by atoms with Gasteiger partial charge in [0.1, 0.15) is 0 Å². The van der Waals surface area contributed by atoms with Crippen LogP contribution in [0.1, 0.15) is 40.0 Å². The lowest BCUT2D eigenvalue weighted by Gasteiger charge is -2.34. The van der Waals surface area contributed by atoms with Crippen LogP contribution in [0.2, 0.25) is 0 Å². The number of halogens is 1. The van der Waals surface area contributed by atoms with E-state index in [1.54, 1.807) is 0 Å². The fourth-order valence-corrected chi connectivity index (χ4v) is 2.58. The van der Waals surface area contributed by atoms with Crippen molar-refractivity contribution in [3.05, 3.63) is 0 Å². The van der Waals surface area contributed by atoms with Gasteiger partial charge in [-0.25, -0.2) is 0 Å². The van der Waals surface area contributed by atoms with E-state index in [-0.39, 0.29) is 11.2 Å². The molecule has 0 unspecified atom stereocenters. The summed E-state index contributed by atoms with van der Waals surface area (Å²) in [5.41, 5.74) is 0. The molecule has 0 saturated heterocycles. The predicted octanol–water partition coefficient (Wildman–Crippen LogP) is 3.46. The Bertz CT molecular complexity index is 189. The molecule has 2 heteroatoms. The Labute approximate surface area is 85.8 Å². The second kappa shape index (κ2) is 4.45. The van der Waals surface area contributed by atoms with E-state index in [4.69, 9.17) is 11.6 Å². The topological polar surface area (TPSA) is 17.1 Å². The number of rotatable bonds is 2. The molecule has 3 atom stereocenters. The predicted molar refractivity (Wildman–Crippen MR) is 55.7 cm³/mol. The van der Waals surface area contributed by atoms with Gasteiger partial charge in [0.15, 0.2) is 0 Å². The summed E-state index contributed by atoms with van der Waals surface area (Å²) >= 11 is 5.58. The molecule has 1 aliphatic rings. The lowest BCUT2D eigenvalue weighted by Crippen LogP contribution is -2.29. The summed E-state index contributed by atoms with van der Waals surface area (Å²) in [5, 5.41) is -0.127. The molecular weight excluding hydrogens is 184 g/mol. The third kappa shape index (κ3) is 2.70. The third-order valence-electron chi connectivity index (χ3n) is 3.47. The Morgan fingerprint density at radius 1 is 1.38 bits per heavy atom. The highest BCUT2D eigenvalue weighted by atomic mass is 35.5. The highest BCUT2D eigenvalue weighted by molar-refractivity contribution is 6.64. The lowest BCUT2D eigenvalue weighted by molar-refractivity contribution is -0.118. The van der Waals surface area contributed by atoms with Crippen LogP contribution in [-0.4, -0.2) is 5.24 Å². The molecule has 13 heavy (non-hydrogen) atoms. The van der Waals surface area contributed by atoms with Gasteiger partial charge in [-0.1, -0.05) is 20.8 Å². The van der Waals surface area contributed by atoms with Crippen molar-refractivity contribution in [1.29, 1.82) is 0 Å². The quantitative estimate of drug-likeness (QED) is 0.627. The minimum Gasteiger partial charge on any atom is -0.281 e. The molecule has 0 N–H and O–H groups in total. The molecule has 1 nitrogen and oxygen atoms in total. The number of carbonyl (C=O) groups excluding carboxylic acids is 1. The summed E-state index contributed by atoms with van der Waals surface area (Å²) < 4.78 is 0. The first-order valence-corrected chi connectivity index (χ1v) is 5.59. The van der Waals surface area contributed by atoms with E-state index >= 15 is 0 Å². The monoisotopic (exact) mass is 202 g/mol. The van der Waals surface area contributed by atoms with Crippen LogP contribution in [0, 0.1) is 23.7 Å². The SMILES string of the molecule is CC(C)[C@@H]1CC[C@@H](C)[C@H](C(=O)Cl)C1. The van der Waals surface area contributed by atoms with Crippen LogP contribution in [0.3, 0.4) is 0 Å². The molecule has 0 aromatic carbocycles. The van der Waals surface area contributed by atoms with Crippen LogP contribution in [0.4, 0.5) is 0 Å². The molecule has 1 saturated carbocycles. The van der Waals surface area contributed by atoms with Crippen LogP contribution in [0.5, 0.6) is 0 Å². The molecule has 0 bridgehead atoms. The lowest BCUT2D eigenvalue weighted by atomic mass is 9.72. The van der Waals surface area contributed by atoms with E-state index < -0.39 is 0 Å². The van der Waals surface area contributed by atoms with Crippen LogP contribution in [-0.2, 0) is 4.79 Å². The van der Waals surface area contributed by atoms with Gasteiger partial charge in [0, 0.05) is 5.92 Å². The fraction of sp³-hybridized carbons (Fsp3) is 0.909. The van der Waals surface area contributed by atoms with E-state index in [0.29, 0.717) is 17.8 Å². The van der Waals surface area contributed by atoms with Crippen molar-refractivity contribution in [2.75, 3.05) is 0 Å². The Kier molecular flexibility index (Phi) is 3.78. The zero-order valence-corrected chi connectivity index (χ0v) is 9.47. The molecule has 1 fully saturated rings. The van der Waals surface area contributed by atoms with E-state index in [1.165, 1.54) is 6.42 Å². The average Bonchev–Trinajstić information content (AvgIpc) is 2.04. The van der Waals surface area contributed by atoms with Gasteiger partial charge in [0.2, 0.25) is 5.24 Å². The van der Waals surface area contributed by atoms with Crippen LogP contribution in [0.15, 0.2) is 0 Å². The minimum atomic E-state index is -0.127. The summed E-state index contributed by atoms with van der Waals surface area (Å²) in [6, 6.07) is 0. The van der Waals surface area contributed by atoms with E-state index in [1.807, 2.05) is 0 Å². The second-order valence-electron chi connectivity index (χ2n) is 4.71. The Hall–Kier alpha value is -0.0400. The van der Waals surface area contributed by atoms with Gasteiger partial charge in [-0.2, -0.15) is 0 Å². The summed E-state index contributed by atoms with van der Waals surface area (Å²) in [5.74, 6) is 1.98. The molecular formula is C11H19ClO.